The van der Waals surface area contributed by atoms with Gasteiger partial charge in [-0.05, 0) is 32.4 Å². The molecular formula is C16H20N4O2. The molecule has 2 N–H and O–H groups in total. The van der Waals surface area contributed by atoms with E-state index in [1.54, 1.807) is 25.1 Å². The number of hydrogen-bond donors (Lipinski definition) is 2. The lowest BCUT2D eigenvalue weighted by molar-refractivity contribution is -0.117. The molecule has 1 aromatic heterocycles. The molecule has 0 saturated heterocycles. The zero-order valence-corrected chi connectivity index (χ0v) is 13.0. The number of benzene rings is 1. The van der Waals surface area contributed by atoms with Crippen molar-refractivity contribution < 1.29 is 4.79 Å². The van der Waals surface area contributed by atoms with E-state index in [1.807, 2.05) is 26.0 Å². The summed E-state index contributed by atoms with van der Waals surface area (Å²) >= 11 is 0. The quantitative estimate of drug-likeness (QED) is 0.656. The lowest BCUT2D eigenvalue weighted by Crippen LogP contribution is -2.34. The Morgan fingerprint density at radius 3 is 2.73 bits per heavy atom. The van der Waals surface area contributed by atoms with Crippen LogP contribution in [0.1, 0.15) is 27.2 Å². The Balaban J connectivity index is 2.33. The van der Waals surface area contributed by atoms with Crippen molar-refractivity contribution in [3.8, 4) is 0 Å². The van der Waals surface area contributed by atoms with E-state index in [1.165, 1.54) is 4.57 Å². The van der Waals surface area contributed by atoms with Crippen LogP contribution in [0.25, 0.3) is 10.9 Å². The molecule has 22 heavy (non-hydrogen) atoms. The Kier molecular flexibility index (Phi) is 4.93. The second-order valence-corrected chi connectivity index (χ2v) is 4.88. The van der Waals surface area contributed by atoms with Gasteiger partial charge in [-0.3, -0.25) is 25.0 Å². The van der Waals surface area contributed by atoms with Crippen LogP contribution in [0.3, 0.4) is 0 Å². The molecule has 2 aromatic rings. The average molecular weight is 300 g/mol. The number of hydrazine groups is 1. The summed E-state index contributed by atoms with van der Waals surface area (Å²) in [6, 6.07) is 7.14. The maximum Gasteiger partial charge on any atom is 0.265 e. The topological polar surface area (TPSA) is 76.0 Å². The number of nitrogens with one attached hydrogen (secondary N) is 2. The van der Waals surface area contributed by atoms with Crippen LogP contribution in [0.4, 0.5) is 5.95 Å². The first-order valence-electron chi connectivity index (χ1n) is 7.31. The third kappa shape index (κ3) is 3.16. The largest absolute Gasteiger partial charge is 0.277 e. The molecule has 1 amide bonds. The Hall–Kier alpha value is -2.63. The highest BCUT2D eigenvalue weighted by Gasteiger charge is 2.10. The predicted molar refractivity (Wildman–Crippen MR) is 87.5 cm³/mol. The fourth-order valence-electron chi connectivity index (χ4n) is 2.17. The zero-order valence-electron chi connectivity index (χ0n) is 13.0. The van der Waals surface area contributed by atoms with E-state index in [4.69, 9.17) is 0 Å². The number of rotatable bonds is 5. The van der Waals surface area contributed by atoms with Gasteiger partial charge in [0.15, 0.2) is 0 Å². The molecule has 0 unspecified atom stereocenters. The van der Waals surface area contributed by atoms with Gasteiger partial charge in [0.25, 0.3) is 11.5 Å². The standard InChI is InChI=1S/C16H20N4O2/c1-4-8-11(3)14(21)18-19-16-17-13-10-7-6-9-12(13)15(22)20(16)5-2/h6-10H,4-5H2,1-3H3,(H,17,19)(H,18,21)/b11-8+. The molecule has 0 spiro atoms. The molecule has 0 radical (unpaired) electrons. The highest BCUT2D eigenvalue weighted by atomic mass is 16.2. The molecule has 0 aliphatic heterocycles. The molecule has 0 fully saturated rings. The molecule has 0 atom stereocenters. The minimum absolute atomic E-state index is 0.134. The van der Waals surface area contributed by atoms with Crippen molar-refractivity contribution in [1.82, 2.24) is 15.0 Å². The fraction of sp³-hybridized carbons (Fsp3) is 0.312. The van der Waals surface area contributed by atoms with E-state index >= 15 is 0 Å². The molecule has 6 nitrogen and oxygen atoms in total. The number of amides is 1. The summed E-state index contributed by atoms with van der Waals surface area (Å²) in [5, 5.41) is 0.559. The van der Waals surface area contributed by atoms with Crippen molar-refractivity contribution in [2.75, 3.05) is 5.43 Å². The molecule has 0 aliphatic rings. The Morgan fingerprint density at radius 1 is 1.32 bits per heavy atom. The van der Waals surface area contributed by atoms with Gasteiger partial charge in [-0.1, -0.05) is 25.1 Å². The second-order valence-electron chi connectivity index (χ2n) is 4.88. The van der Waals surface area contributed by atoms with Gasteiger partial charge in [0, 0.05) is 12.1 Å². The third-order valence-corrected chi connectivity index (χ3v) is 3.33. The first-order valence-corrected chi connectivity index (χ1v) is 7.31. The van der Waals surface area contributed by atoms with E-state index in [-0.39, 0.29) is 11.5 Å². The van der Waals surface area contributed by atoms with Crippen LogP contribution in [-0.4, -0.2) is 15.5 Å². The van der Waals surface area contributed by atoms with Crippen LogP contribution >= 0.6 is 0 Å². The Morgan fingerprint density at radius 2 is 2.05 bits per heavy atom. The average Bonchev–Trinajstić information content (AvgIpc) is 2.53. The van der Waals surface area contributed by atoms with Crippen LogP contribution in [0.15, 0.2) is 40.7 Å². The third-order valence-electron chi connectivity index (χ3n) is 3.33. The highest BCUT2D eigenvalue weighted by molar-refractivity contribution is 5.93. The van der Waals surface area contributed by atoms with Crippen molar-refractivity contribution in [3.63, 3.8) is 0 Å². The van der Waals surface area contributed by atoms with E-state index in [0.29, 0.717) is 29.0 Å². The summed E-state index contributed by atoms with van der Waals surface area (Å²) < 4.78 is 1.49. The van der Waals surface area contributed by atoms with Gasteiger partial charge in [-0.15, -0.1) is 0 Å². The van der Waals surface area contributed by atoms with E-state index in [9.17, 15) is 9.59 Å². The van der Waals surface area contributed by atoms with E-state index in [2.05, 4.69) is 15.8 Å². The number of fused-ring (bicyclic) bond motifs is 1. The van der Waals surface area contributed by atoms with E-state index < -0.39 is 0 Å². The number of anilines is 1. The normalized spacial score (nSPS) is 11.5. The molecule has 2 rings (SSSR count). The molecule has 116 valence electrons. The van der Waals surface area contributed by atoms with Crippen LogP contribution in [0, 0.1) is 0 Å². The summed E-state index contributed by atoms with van der Waals surface area (Å²) in [5.74, 6) is 0.0794. The fourth-order valence-corrected chi connectivity index (χ4v) is 2.17. The van der Waals surface area contributed by atoms with Gasteiger partial charge >= 0.3 is 0 Å². The molecular weight excluding hydrogens is 280 g/mol. The maximum atomic E-state index is 12.4. The predicted octanol–water partition coefficient (Wildman–Crippen LogP) is 2.22. The molecule has 1 aromatic carbocycles. The van der Waals surface area contributed by atoms with Crippen LogP contribution < -0.4 is 16.4 Å². The smallest absolute Gasteiger partial charge is 0.265 e. The summed E-state index contributed by atoms with van der Waals surface area (Å²) in [5.41, 5.74) is 6.39. The summed E-state index contributed by atoms with van der Waals surface area (Å²) in [4.78, 5) is 28.7. The lowest BCUT2D eigenvalue weighted by Gasteiger charge is -2.14. The first-order chi connectivity index (χ1) is 10.6. The van der Waals surface area contributed by atoms with Crippen LogP contribution in [-0.2, 0) is 11.3 Å². The minimum Gasteiger partial charge on any atom is -0.277 e. The molecule has 0 aliphatic carbocycles. The van der Waals surface area contributed by atoms with Crippen molar-refractivity contribution in [1.29, 1.82) is 0 Å². The number of nitrogens with zero attached hydrogens (tertiary/aromatic N) is 2. The molecule has 6 heteroatoms. The van der Waals surface area contributed by atoms with Gasteiger partial charge in [0.1, 0.15) is 0 Å². The van der Waals surface area contributed by atoms with Crippen LogP contribution in [0.5, 0.6) is 0 Å². The number of para-hydroxylation sites is 1. The van der Waals surface area contributed by atoms with Crippen molar-refractivity contribution >= 4 is 22.8 Å². The van der Waals surface area contributed by atoms with Gasteiger partial charge in [-0.2, -0.15) is 0 Å². The maximum absolute atomic E-state index is 12.4. The minimum atomic E-state index is -0.244. The van der Waals surface area contributed by atoms with Crippen molar-refractivity contribution in [2.24, 2.45) is 0 Å². The number of carbonyl (C=O) groups is 1. The number of aromatic nitrogens is 2. The SMILES string of the molecule is CC/C=C(\C)C(=O)NNc1nc2ccccc2c(=O)n1CC. The van der Waals surface area contributed by atoms with Gasteiger partial charge in [-0.25, -0.2) is 4.98 Å². The summed E-state index contributed by atoms with van der Waals surface area (Å²) in [7, 11) is 0. The van der Waals surface area contributed by atoms with Crippen molar-refractivity contribution in [3.05, 3.63) is 46.3 Å². The van der Waals surface area contributed by atoms with Crippen molar-refractivity contribution in [2.45, 2.75) is 33.7 Å². The van der Waals surface area contributed by atoms with Gasteiger partial charge in [0.2, 0.25) is 5.95 Å². The Bertz CT molecular complexity index is 777. The molecule has 0 bridgehead atoms. The summed E-state index contributed by atoms with van der Waals surface area (Å²) in [6.45, 7) is 6.01. The number of allylic oxidation sites excluding steroid dienone is 1. The second kappa shape index (κ2) is 6.89. The monoisotopic (exact) mass is 300 g/mol. The molecule has 0 saturated carbocycles. The number of hydrogen-bond acceptors (Lipinski definition) is 4. The lowest BCUT2D eigenvalue weighted by atomic mass is 10.2. The molecule has 1 heterocycles. The highest BCUT2D eigenvalue weighted by Crippen LogP contribution is 2.10. The Labute approximate surface area is 128 Å². The first kappa shape index (κ1) is 15.8. The summed E-state index contributed by atoms with van der Waals surface area (Å²) in [6.07, 6.45) is 2.62. The zero-order chi connectivity index (χ0) is 16.1. The van der Waals surface area contributed by atoms with Gasteiger partial charge < -0.3 is 0 Å². The van der Waals surface area contributed by atoms with Crippen LogP contribution in [0.2, 0.25) is 0 Å². The van der Waals surface area contributed by atoms with Gasteiger partial charge in [0.05, 0.1) is 10.9 Å². The van der Waals surface area contributed by atoms with E-state index in [0.717, 1.165) is 6.42 Å². The number of carbonyl (C=O) groups excluding carboxylic acids is 1.